The van der Waals surface area contributed by atoms with Crippen LogP contribution in [0.3, 0.4) is 0 Å². The number of hydrogen-bond donors (Lipinski definition) is 0. The lowest BCUT2D eigenvalue weighted by Crippen LogP contribution is -2.41. The molecule has 0 N–H and O–H groups in total. The molecule has 0 fully saturated rings. The van der Waals surface area contributed by atoms with Gasteiger partial charge in [-0.3, -0.25) is 18.5 Å². The van der Waals surface area contributed by atoms with Gasteiger partial charge in [0.2, 0.25) is 5.95 Å². The highest BCUT2D eigenvalue weighted by molar-refractivity contribution is 5.87. The quantitative estimate of drug-likeness (QED) is 0.845. The van der Waals surface area contributed by atoms with Crippen molar-refractivity contribution in [2.45, 2.75) is 53.8 Å². The second-order valence-corrected chi connectivity index (χ2v) is 7.09. The summed E-state index contributed by atoms with van der Waals surface area (Å²) in [5.74, 6) is 0.812. The molecule has 0 aromatic carbocycles. The van der Waals surface area contributed by atoms with Crippen molar-refractivity contribution in [3.05, 3.63) is 20.8 Å². The van der Waals surface area contributed by atoms with Gasteiger partial charge >= 0.3 is 5.69 Å². The average Bonchev–Trinajstić information content (AvgIpc) is 2.87. The Bertz CT molecular complexity index is 944. The molecule has 0 saturated carbocycles. The number of nitrogens with zero attached hydrogens (tertiary/aromatic N) is 6. The molecule has 0 spiro atoms. The van der Waals surface area contributed by atoms with Crippen LogP contribution in [0, 0.1) is 5.92 Å². The van der Waals surface area contributed by atoms with E-state index in [4.69, 9.17) is 0 Å². The fourth-order valence-corrected chi connectivity index (χ4v) is 3.05. The van der Waals surface area contributed by atoms with Gasteiger partial charge in [0, 0.05) is 13.6 Å². The second kappa shape index (κ2) is 5.61. The maximum atomic E-state index is 13.0. The van der Waals surface area contributed by atoms with E-state index in [1.165, 1.54) is 9.13 Å². The van der Waals surface area contributed by atoms with E-state index in [0.29, 0.717) is 30.2 Å². The Morgan fingerprint density at radius 1 is 1.17 bits per heavy atom. The molecule has 0 saturated heterocycles. The van der Waals surface area contributed by atoms with Crippen LogP contribution in [0.1, 0.15) is 34.6 Å². The predicted octanol–water partition coefficient (Wildman–Crippen LogP) is 1.16. The molecule has 2 aromatic heterocycles. The summed E-state index contributed by atoms with van der Waals surface area (Å²) < 4.78 is 4.64. The Labute approximate surface area is 140 Å². The van der Waals surface area contributed by atoms with Crippen LogP contribution in [0.15, 0.2) is 14.7 Å². The third-order valence-corrected chi connectivity index (χ3v) is 4.12. The summed E-state index contributed by atoms with van der Waals surface area (Å²) in [6, 6.07) is 0.103. The van der Waals surface area contributed by atoms with E-state index in [0.717, 1.165) is 5.71 Å². The highest BCUT2D eigenvalue weighted by Crippen LogP contribution is 2.25. The molecule has 0 unspecified atom stereocenters. The summed E-state index contributed by atoms with van der Waals surface area (Å²) in [6.07, 6.45) is 0. The van der Waals surface area contributed by atoms with Crippen molar-refractivity contribution in [1.82, 2.24) is 18.7 Å². The van der Waals surface area contributed by atoms with E-state index < -0.39 is 0 Å². The highest BCUT2D eigenvalue weighted by Gasteiger charge is 2.27. The lowest BCUT2D eigenvalue weighted by Gasteiger charge is -2.27. The van der Waals surface area contributed by atoms with Gasteiger partial charge in [-0.1, -0.05) is 13.8 Å². The number of hydrazone groups is 1. The standard InChI is InChI=1S/C16H24N6O2/c1-9(2)7-21-14(23)12-13(19(6)16(21)24)17-15-20(12)8-11(5)18-22(15)10(3)4/h9-10H,7-8H2,1-6H3. The van der Waals surface area contributed by atoms with Gasteiger partial charge in [0.05, 0.1) is 18.3 Å². The van der Waals surface area contributed by atoms with Crippen molar-refractivity contribution in [2.75, 3.05) is 5.01 Å². The van der Waals surface area contributed by atoms with E-state index in [1.807, 2.05) is 39.2 Å². The van der Waals surface area contributed by atoms with E-state index in [9.17, 15) is 9.59 Å². The summed E-state index contributed by atoms with van der Waals surface area (Å²) in [7, 11) is 1.66. The fourth-order valence-electron chi connectivity index (χ4n) is 3.05. The number of anilines is 1. The van der Waals surface area contributed by atoms with Crippen LogP contribution in [-0.2, 0) is 20.1 Å². The Hall–Kier alpha value is -2.38. The minimum Gasteiger partial charge on any atom is -0.297 e. The molecule has 0 bridgehead atoms. The van der Waals surface area contributed by atoms with Crippen molar-refractivity contribution < 1.29 is 0 Å². The number of fused-ring (bicyclic) bond motifs is 3. The summed E-state index contributed by atoms with van der Waals surface area (Å²) in [5.41, 5.74) is 1.17. The number of imidazole rings is 1. The Balaban J connectivity index is 2.37. The van der Waals surface area contributed by atoms with Gasteiger partial charge in [-0.2, -0.15) is 10.1 Å². The molecule has 0 aliphatic carbocycles. The lowest BCUT2D eigenvalue weighted by atomic mass is 10.2. The molecule has 0 radical (unpaired) electrons. The first-order chi connectivity index (χ1) is 11.2. The van der Waals surface area contributed by atoms with Gasteiger partial charge < -0.3 is 0 Å². The number of aryl methyl sites for hydroxylation is 1. The van der Waals surface area contributed by atoms with Gasteiger partial charge in [-0.15, -0.1) is 0 Å². The van der Waals surface area contributed by atoms with E-state index in [2.05, 4.69) is 10.1 Å². The van der Waals surface area contributed by atoms with E-state index in [-0.39, 0.29) is 23.2 Å². The van der Waals surface area contributed by atoms with Gasteiger partial charge in [-0.05, 0) is 26.7 Å². The monoisotopic (exact) mass is 332 g/mol. The molecule has 1 aliphatic heterocycles. The molecule has 0 atom stereocenters. The maximum Gasteiger partial charge on any atom is 0.332 e. The smallest absolute Gasteiger partial charge is 0.297 e. The van der Waals surface area contributed by atoms with Crippen molar-refractivity contribution in [3.8, 4) is 0 Å². The van der Waals surface area contributed by atoms with E-state index >= 15 is 0 Å². The third-order valence-electron chi connectivity index (χ3n) is 4.12. The molecule has 0 amide bonds. The average molecular weight is 332 g/mol. The first-order valence-corrected chi connectivity index (χ1v) is 8.25. The van der Waals surface area contributed by atoms with Crippen molar-refractivity contribution in [1.29, 1.82) is 0 Å². The van der Waals surface area contributed by atoms with Crippen LogP contribution < -0.4 is 16.3 Å². The predicted molar refractivity (Wildman–Crippen MR) is 94.8 cm³/mol. The topological polar surface area (TPSA) is 77.4 Å². The van der Waals surface area contributed by atoms with Crippen LogP contribution in [0.25, 0.3) is 11.2 Å². The first-order valence-electron chi connectivity index (χ1n) is 8.25. The van der Waals surface area contributed by atoms with E-state index in [1.54, 1.807) is 12.1 Å². The van der Waals surface area contributed by atoms with Crippen LogP contribution in [-0.4, -0.2) is 30.4 Å². The van der Waals surface area contributed by atoms with Gasteiger partial charge in [0.25, 0.3) is 5.56 Å². The number of hydrogen-bond acceptors (Lipinski definition) is 5. The molecule has 24 heavy (non-hydrogen) atoms. The molecular weight excluding hydrogens is 308 g/mol. The Morgan fingerprint density at radius 2 is 1.83 bits per heavy atom. The van der Waals surface area contributed by atoms with Gasteiger partial charge in [-0.25, -0.2) is 9.80 Å². The molecule has 8 nitrogen and oxygen atoms in total. The fraction of sp³-hybridized carbons (Fsp3) is 0.625. The SMILES string of the molecule is CC1=NN(C(C)C)c2nc3c(c(=O)n(CC(C)C)c(=O)n3C)n2C1. The molecule has 8 heteroatoms. The second-order valence-electron chi connectivity index (χ2n) is 7.09. The van der Waals surface area contributed by atoms with Gasteiger partial charge in [0.1, 0.15) is 0 Å². The normalized spacial score (nSPS) is 14.7. The summed E-state index contributed by atoms with van der Waals surface area (Å²) in [5, 5.41) is 6.34. The van der Waals surface area contributed by atoms with Crippen LogP contribution in [0.5, 0.6) is 0 Å². The molecular formula is C16H24N6O2. The van der Waals surface area contributed by atoms with Crippen molar-refractivity contribution in [3.63, 3.8) is 0 Å². The number of aromatic nitrogens is 4. The first kappa shape index (κ1) is 16.5. The summed E-state index contributed by atoms with van der Waals surface area (Å²) >= 11 is 0. The van der Waals surface area contributed by atoms with Crippen LogP contribution >= 0.6 is 0 Å². The summed E-state index contributed by atoms with van der Waals surface area (Å²) in [4.78, 5) is 30.1. The van der Waals surface area contributed by atoms with Crippen LogP contribution in [0.2, 0.25) is 0 Å². The molecule has 130 valence electrons. The maximum absolute atomic E-state index is 13.0. The number of rotatable bonds is 3. The van der Waals surface area contributed by atoms with Crippen molar-refractivity contribution >= 4 is 22.8 Å². The lowest BCUT2D eigenvalue weighted by molar-refractivity contribution is 0.484. The minimum atomic E-state index is -0.328. The third kappa shape index (κ3) is 2.37. The zero-order valence-electron chi connectivity index (χ0n) is 15.1. The Morgan fingerprint density at radius 3 is 2.42 bits per heavy atom. The Kier molecular flexibility index (Phi) is 3.85. The van der Waals surface area contributed by atoms with Crippen LogP contribution in [0.4, 0.5) is 5.95 Å². The molecule has 1 aliphatic rings. The minimum absolute atomic E-state index is 0.103. The highest BCUT2D eigenvalue weighted by atomic mass is 16.2. The zero-order valence-corrected chi connectivity index (χ0v) is 15.1. The molecule has 3 rings (SSSR count). The summed E-state index contributed by atoms with van der Waals surface area (Å²) in [6.45, 7) is 10.8. The van der Waals surface area contributed by atoms with Gasteiger partial charge in [0.15, 0.2) is 11.2 Å². The molecule has 3 heterocycles. The largest absolute Gasteiger partial charge is 0.332 e. The van der Waals surface area contributed by atoms with Crippen molar-refractivity contribution in [2.24, 2.45) is 18.1 Å². The molecule has 2 aromatic rings. The zero-order chi connectivity index (χ0) is 17.8.